The molecular formula is C21H21ClFN5. The number of halogens is 2. The van der Waals surface area contributed by atoms with E-state index in [1.54, 1.807) is 6.07 Å². The summed E-state index contributed by atoms with van der Waals surface area (Å²) in [6.07, 6.45) is 0. The van der Waals surface area contributed by atoms with E-state index in [2.05, 4.69) is 31.2 Å². The van der Waals surface area contributed by atoms with E-state index in [4.69, 9.17) is 11.6 Å². The SMILES string of the molecule is Cc1cc(Nc2cccc(F)c2)nc(N2CCN(c3cccc(Cl)c3)CC2)n1. The van der Waals surface area contributed by atoms with Crippen molar-refractivity contribution < 1.29 is 4.39 Å². The highest BCUT2D eigenvalue weighted by atomic mass is 35.5. The third-order valence-corrected chi connectivity index (χ3v) is 4.91. The molecule has 5 nitrogen and oxygen atoms in total. The number of benzene rings is 2. The van der Waals surface area contributed by atoms with E-state index >= 15 is 0 Å². The quantitative estimate of drug-likeness (QED) is 0.694. The zero-order valence-corrected chi connectivity index (χ0v) is 16.3. The monoisotopic (exact) mass is 397 g/mol. The fraction of sp³-hybridized carbons (Fsp3) is 0.238. The van der Waals surface area contributed by atoms with Gasteiger partial charge in [0.15, 0.2) is 0 Å². The van der Waals surface area contributed by atoms with Gasteiger partial charge in [0.25, 0.3) is 0 Å². The molecule has 1 fully saturated rings. The lowest BCUT2D eigenvalue weighted by Crippen LogP contribution is -2.47. The van der Waals surface area contributed by atoms with Gasteiger partial charge in [0, 0.05) is 54.3 Å². The minimum Gasteiger partial charge on any atom is -0.368 e. The normalized spacial score (nSPS) is 14.2. The Labute approximate surface area is 168 Å². The number of anilines is 4. The van der Waals surface area contributed by atoms with Crippen LogP contribution in [0.1, 0.15) is 5.69 Å². The molecule has 2 aromatic carbocycles. The van der Waals surface area contributed by atoms with Crippen LogP contribution in [0.3, 0.4) is 0 Å². The van der Waals surface area contributed by atoms with Gasteiger partial charge < -0.3 is 15.1 Å². The van der Waals surface area contributed by atoms with Crippen molar-refractivity contribution in [2.75, 3.05) is 41.3 Å². The Morgan fingerprint density at radius 3 is 2.43 bits per heavy atom. The Morgan fingerprint density at radius 1 is 0.929 bits per heavy atom. The lowest BCUT2D eigenvalue weighted by atomic mass is 10.2. The summed E-state index contributed by atoms with van der Waals surface area (Å²) < 4.78 is 13.4. The van der Waals surface area contributed by atoms with E-state index in [1.165, 1.54) is 12.1 Å². The van der Waals surface area contributed by atoms with Gasteiger partial charge in [0.05, 0.1) is 0 Å². The van der Waals surface area contributed by atoms with Crippen LogP contribution in [0.5, 0.6) is 0 Å². The van der Waals surface area contributed by atoms with Gasteiger partial charge >= 0.3 is 0 Å². The van der Waals surface area contributed by atoms with E-state index in [0.717, 1.165) is 42.6 Å². The molecule has 2 heterocycles. The minimum absolute atomic E-state index is 0.284. The van der Waals surface area contributed by atoms with Crippen molar-refractivity contribution in [2.24, 2.45) is 0 Å². The van der Waals surface area contributed by atoms with E-state index in [9.17, 15) is 4.39 Å². The van der Waals surface area contributed by atoms with Gasteiger partial charge in [-0.05, 0) is 43.3 Å². The Hall–Kier alpha value is -2.86. The van der Waals surface area contributed by atoms with Gasteiger partial charge in [-0.1, -0.05) is 23.7 Å². The highest BCUT2D eigenvalue weighted by Gasteiger charge is 2.20. The predicted octanol–water partition coefficient (Wildman–Crippen LogP) is 4.65. The summed E-state index contributed by atoms with van der Waals surface area (Å²) in [7, 11) is 0. The molecule has 144 valence electrons. The van der Waals surface area contributed by atoms with Crippen LogP contribution in [-0.2, 0) is 0 Å². The highest BCUT2D eigenvalue weighted by Crippen LogP contribution is 2.23. The largest absolute Gasteiger partial charge is 0.368 e. The average molecular weight is 398 g/mol. The Kier molecular flexibility index (Phi) is 5.30. The van der Waals surface area contributed by atoms with Crippen LogP contribution in [-0.4, -0.2) is 36.1 Å². The second-order valence-corrected chi connectivity index (χ2v) is 7.22. The van der Waals surface area contributed by atoms with Gasteiger partial charge in [-0.2, -0.15) is 4.98 Å². The van der Waals surface area contributed by atoms with Gasteiger partial charge in [-0.3, -0.25) is 0 Å². The maximum absolute atomic E-state index is 13.4. The number of piperazine rings is 1. The van der Waals surface area contributed by atoms with E-state index < -0.39 is 0 Å². The molecule has 1 saturated heterocycles. The van der Waals surface area contributed by atoms with Crippen molar-refractivity contribution in [3.8, 4) is 0 Å². The lowest BCUT2D eigenvalue weighted by molar-refractivity contribution is 0.628. The molecule has 0 spiro atoms. The Bertz CT molecular complexity index is 973. The summed E-state index contributed by atoms with van der Waals surface area (Å²) in [6, 6.07) is 16.1. The molecule has 4 rings (SSSR count). The third kappa shape index (κ3) is 4.34. The number of hydrogen-bond donors (Lipinski definition) is 1. The molecule has 28 heavy (non-hydrogen) atoms. The van der Waals surface area contributed by atoms with Crippen LogP contribution in [0.15, 0.2) is 54.6 Å². The number of aryl methyl sites for hydroxylation is 1. The van der Waals surface area contributed by atoms with Crippen molar-refractivity contribution in [2.45, 2.75) is 6.92 Å². The zero-order chi connectivity index (χ0) is 19.5. The molecule has 0 aliphatic carbocycles. The van der Waals surface area contributed by atoms with Gasteiger partial charge in [0.2, 0.25) is 5.95 Å². The maximum atomic E-state index is 13.4. The molecule has 0 bridgehead atoms. The molecule has 7 heteroatoms. The lowest BCUT2D eigenvalue weighted by Gasteiger charge is -2.36. The summed E-state index contributed by atoms with van der Waals surface area (Å²) in [5.41, 5.74) is 2.65. The van der Waals surface area contributed by atoms with Crippen LogP contribution in [0.2, 0.25) is 5.02 Å². The van der Waals surface area contributed by atoms with Gasteiger partial charge in [0.1, 0.15) is 11.6 Å². The first-order valence-electron chi connectivity index (χ1n) is 9.20. The van der Waals surface area contributed by atoms with E-state index in [1.807, 2.05) is 37.3 Å². The molecule has 1 aromatic heterocycles. The molecule has 0 amide bonds. The molecule has 1 aliphatic rings. The summed E-state index contributed by atoms with van der Waals surface area (Å²) >= 11 is 6.11. The first kappa shape index (κ1) is 18.5. The number of nitrogens with zero attached hydrogens (tertiary/aromatic N) is 4. The average Bonchev–Trinajstić information content (AvgIpc) is 2.68. The van der Waals surface area contributed by atoms with Crippen LogP contribution >= 0.6 is 11.6 Å². The highest BCUT2D eigenvalue weighted by molar-refractivity contribution is 6.30. The maximum Gasteiger partial charge on any atom is 0.227 e. The van der Waals surface area contributed by atoms with Crippen LogP contribution in [0.4, 0.5) is 27.5 Å². The third-order valence-electron chi connectivity index (χ3n) is 4.68. The van der Waals surface area contributed by atoms with Crippen molar-refractivity contribution in [3.63, 3.8) is 0 Å². The number of hydrogen-bond acceptors (Lipinski definition) is 5. The molecule has 1 aliphatic heterocycles. The molecule has 0 atom stereocenters. The van der Waals surface area contributed by atoms with E-state index in [-0.39, 0.29) is 5.82 Å². The summed E-state index contributed by atoms with van der Waals surface area (Å²) in [4.78, 5) is 13.7. The smallest absolute Gasteiger partial charge is 0.227 e. The van der Waals surface area contributed by atoms with Gasteiger partial charge in [-0.15, -0.1) is 0 Å². The van der Waals surface area contributed by atoms with Crippen LogP contribution in [0.25, 0.3) is 0 Å². The number of aromatic nitrogens is 2. The number of rotatable bonds is 4. The van der Waals surface area contributed by atoms with E-state index in [0.29, 0.717) is 17.5 Å². The summed E-state index contributed by atoms with van der Waals surface area (Å²) in [5.74, 6) is 1.06. The molecule has 0 radical (unpaired) electrons. The van der Waals surface area contributed by atoms with Crippen LogP contribution < -0.4 is 15.1 Å². The fourth-order valence-corrected chi connectivity index (χ4v) is 3.49. The Morgan fingerprint density at radius 2 is 1.68 bits per heavy atom. The summed E-state index contributed by atoms with van der Waals surface area (Å²) in [6.45, 7) is 5.30. The van der Waals surface area contributed by atoms with Crippen molar-refractivity contribution in [1.29, 1.82) is 0 Å². The van der Waals surface area contributed by atoms with Crippen molar-refractivity contribution in [3.05, 3.63) is 71.1 Å². The summed E-state index contributed by atoms with van der Waals surface area (Å²) in [5, 5.41) is 3.91. The minimum atomic E-state index is -0.284. The molecule has 0 unspecified atom stereocenters. The second-order valence-electron chi connectivity index (χ2n) is 6.78. The molecule has 1 N–H and O–H groups in total. The molecular weight excluding hydrogens is 377 g/mol. The zero-order valence-electron chi connectivity index (χ0n) is 15.6. The molecule has 3 aromatic rings. The second kappa shape index (κ2) is 8.02. The number of nitrogens with one attached hydrogen (secondary N) is 1. The molecule has 0 saturated carbocycles. The van der Waals surface area contributed by atoms with Crippen molar-refractivity contribution >= 4 is 34.7 Å². The Balaban J connectivity index is 1.47. The predicted molar refractivity (Wildman–Crippen MR) is 112 cm³/mol. The van der Waals surface area contributed by atoms with Crippen molar-refractivity contribution in [1.82, 2.24) is 9.97 Å². The van der Waals surface area contributed by atoms with Gasteiger partial charge in [-0.25, -0.2) is 9.37 Å². The first-order chi connectivity index (χ1) is 13.6. The van der Waals surface area contributed by atoms with Crippen LogP contribution in [0, 0.1) is 12.7 Å². The topological polar surface area (TPSA) is 44.3 Å². The fourth-order valence-electron chi connectivity index (χ4n) is 3.31. The first-order valence-corrected chi connectivity index (χ1v) is 9.58. The standard InChI is InChI=1S/C21H21ClFN5/c1-15-12-20(25-18-6-3-5-17(23)14-18)26-21(24-15)28-10-8-27(9-11-28)19-7-2-4-16(22)13-19/h2-7,12-14H,8-11H2,1H3,(H,24,25,26).